The van der Waals surface area contributed by atoms with Gasteiger partial charge in [0.1, 0.15) is 0 Å². The molecule has 98 valence electrons. The average Bonchev–Trinajstić information content (AvgIpc) is 2.73. The third-order valence-corrected chi connectivity index (χ3v) is 4.72. The Balaban J connectivity index is 1.65. The lowest BCUT2D eigenvalue weighted by molar-refractivity contribution is 0.259. The highest BCUT2D eigenvalue weighted by Crippen LogP contribution is 2.36. The molecular weight excluding hydrogens is 220 g/mol. The van der Waals surface area contributed by atoms with E-state index in [9.17, 15) is 0 Å². The predicted molar refractivity (Wildman–Crippen MR) is 75.3 cm³/mol. The lowest BCUT2D eigenvalue weighted by Crippen LogP contribution is -2.38. The highest BCUT2D eigenvalue weighted by molar-refractivity contribution is 5.22. The highest BCUT2D eigenvalue weighted by Gasteiger charge is 2.38. The van der Waals surface area contributed by atoms with Crippen LogP contribution in [-0.4, -0.2) is 24.0 Å². The summed E-state index contributed by atoms with van der Waals surface area (Å²) >= 11 is 0. The second kappa shape index (κ2) is 5.02. The van der Waals surface area contributed by atoms with Crippen molar-refractivity contribution >= 4 is 0 Å². The molecule has 2 fully saturated rings. The Morgan fingerprint density at radius 3 is 2.94 bits per heavy atom. The highest BCUT2D eigenvalue weighted by atomic mass is 15.2. The summed E-state index contributed by atoms with van der Waals surface area (Å²) < 4.78 is 0. The summed E-state index contributed by atoms with van der Waals surface area (Å²) in [5.41, 5.74) is 9.08. The summed E-state index contributed by atoms with van der Waals surface area (Å²) in [5.74, 6) is 1.61. The Hall–Kier alpha value is -0.860. The molecule has 0 amide bonds. The summed E-state index contributed by atoms with van der Waals surface area (Å²) in [4.78, 5) is 2.61. The van der Waals surface area contributed by atoms with Gasteiger partial charge >= 0.3 is 0 Å². The molecule has 18 heavy (non-hydrogen) atoms. The lowest BCUT2D eigenvalue weighted by Gasteiger charge is -2.29. The van der Waals surface area contributed by atoms with Gasteiger partial charge in [0.25, 0.3) is 0 Å². The lowest BCUT2D eigenvalue weighted by atomic mass is 9.78. The maximum Gasteiger partial charge on any atom is 0.0234 e. The molecule has 0 radical (unpaired) electrons. The van der Waals surface area contributed by atoms with E-state index in [4.69, 9.17) is 5.73 Å². The van der Waals surface area contributed by atoms with Gasteiger partial charge in [0.15, 0.2) is 0 Å². The van der Waals surface area contributed by atoms with Gasteiger partial charge < -0.3 is 5.73 Å². The van der Waals surface area contributed by atoms with Crippen molar-refractivity contribution in [3.63, 3.8) is 0 Å². The second-order valence-electron chi connectivity index (χ2n) is 6.20. The van der Waals surface area contributed by atoms with Crippen LogP contribution in [0, 0.1) is 18.8 Å². The van der Waals surface area contributed by atoms with Crippen LogP contribution in [0.5, 0.6) is 0 Å². The quantitative estimate of drug-likeness (QED) is 0.866. The Bertz CT molecular complexity index is 415. The first-order valence-electron chi connectivity index (χ1n) is 7.26. The van der Waals surface area contributed by atoms with Crippen LogP contribution < -0.4 is 5.73 Å². The van der Waals surface area contributed by atoms with Gasteiger partial charge in [-0.1, -0.05) is 36.2 Å². The maximum atomic E-state index is 6.27. The van der Waals surface area contributed by atoms with E-state index in [1.807, 2.05) is 0 Å². The van der Waals surface area contributed by atoms with E-state index >= 15 is 0 Å². The van der Waals surface area contributed by atoms with Gasteiger partial charge in [0.2, 0.25) is 0 Å². The Morgan fingerprint density at radius 1 is 1.28 bits per heavy atom. The van der Waals surface area contributed by atoms with Crippen molar-refractivity contribution in [2.24, 2.45) is 17.6 Å². The van der Waals surface area contributed by atoms with Gasteiger partial charge in [-0.3, -0.25) is 4.90 Å². The second-order valence-corrected chi connectivity index (χ2v) is 6.20. The first-order chi connectivity index (χ1) is 8.72. The topological polar surface area (TPSA) is 29.3 Å². The molecule has 2 heteroatoms. The number of nitrogens with zero attached hydrogens (tertiary/aromatic N) is 1. The molecule has 0 spiro atoms. The van der Waals surface area contributed by atoms with Crippen LogP contribution in [0.15, 0.2) is 24.3 Å². The van der Waals surface area contributed by atoms with E-state index in [-0.39, 0.29) is 0 Å². The molecule has 3 atom stereocenters. The summed E-state index contributed by atoms with van der Waals surface area (Å²) in [5, 5.41) is 0. The number of aryl methyl sites for hydroxylation is 1. The van der Waals surface area contributed by atoms with Crippen LogP contribution in [0.4, 0.5) is 0 Å². The number of fused-ring (bicyclic) bond motifs is 1. The monoisotopic (exact) mass is 244 g/mol. The summed E-state index contributed by atoms with van der Waals surface area (Å²) in [6.07, 6.45) is 3.96. The fraction of sp³-hybridized carbons (Fsp3) is 0.625. The van der Waals surface area contributed by atoms with Crippen LogP contribution >= 0.6 is 0 Å². The molecule has 1 aromatic rings. The minimum atomic E-state index is 0.450. The minimum absolute atomic E-state index is 0.450. The van der Waals surface area contributed by atoms with Gasteiger partial charge in [0.05, 0.1) is 0 Å². The van der Waals surface area contributed by atoms with Gasteiger partial charge in [-0.2, -0.15) is 0 Å². The van der Waals surface area contributed by atoms with E-state index in [2.05, 4.69) is 36.1 Å². The van der Waals surface area contributed by atoms with Gasteiger partial charge in [-0.05, 0) is 37.2 Å². The van der Waals surface area contributed by atoms with Crippen molar-refractivity contribution in [2.75, 3.05) is 13.1 Å². The third-order valence-electron chi connectivity index (χ3n) is 4.72. The summed E-state index contributed by atoms with van der Waals surface area (Å²) in [6.45, 7) is 5.73. The summed E-state index contributed by atoms with van der Waals surface area (Å²) in [7, 11) is 0. The zero-order valence-corrected chi connectivity index (χ0v) is 11.3. The molecule has 1 saturated carbocycles. The van der Waals surface area contributed by atoms with Crippen LogP contribution in [0.25, 0.3) is 0 Å². The zero-order chi connectivity index (χ0) is 12.5. The van der Waals surface area contributed by atoms with E-state index in [1.165, 1.54) is 43.5 Å². The fourth-order valence-electron chi connectivity index (χ4n) is 3.81. The number of hydrogen-bond donors (Lipinski definition) is 1. The molecule has 3 rings (SSSR count). The van der Waals surface area contributed by atoms with Crippen molar-refractivity contribution in [3.8, 4) is 0 Å². The standard InChI is InChI=1S/C16H24N2/c1-12-4-2-5-13(8-12)9-18-10-14-6-3-7-16(17)15(14)11-18/h2,4-5,8,14-16H,3,6-7,9-11,17H2,1H3. The number of nitrogens with two attached hydrogens (primary N) is 1. The van der Waals surface area contributed by atoms with Gasteiger partial charge in [0, 0.05) is 25.7 Å². The van der Waals surface area contributed by atoms with Crippen molar-refractivity contribution < 1.29 is 0 Å². The predicted octanol–water partition coefficient (Wildman–Crippen LogP) is 2.55. The van der Waals surface area contributed by atoms with Crippen LogP contribution in [-0.2, 0) is 6.54 Å². The van der Waals surface area contributed by atoms with E-state index in [0.29, 0.717) is 6.04 Å². The van der Waals surface area contributed by atoms with Crippen LogP contribution in [0.2, 0.25) is 0 Å². The van der Waals surface area contributed by atoms with Gasteiger partial charge in [-0.25, -0.2) is 0 Å². The molecule has 3 unspecified atom stereocenters. The van der Waals surface area contributed by atoms with Crippen molar-refractivity contribution in [1.29, 1.82) is 0 Å². The Morgan fingerprint density at radius 2 is 2.17 bits per heavy atom. The molecule has 0 bridgehead atoms. The molecule has 1 aliphatic heterocycles. The zero-order valence-electron chi connectivity index (χ0n) is 11.3. The van der Waals surface area contributed by atoms with E-state index in [0.717, 1.165) is 18.4 Å². The van der Waals surface area contributed by atoms with Crippen molar-refractivity contribution in [2.45, 2.75) is 38.8 Å². The largest absolute Gasteiger partial charge is 0.327 e. The molecule has 1 saturated heterocycles. The smallest absolute Gasteiger partial charge is 0.0234 e. The normalized spacial score (nSPS) is 32.4. The first kappa shape index (κ1) is 12.2. The van der Waals surface area contributed by atoms with Crippen LogP contribution in [0.1, 0.15) is 30.4 Å². The number of rotatable bonds is 2. The Kier molecular flexibility index (Phi) is 3.40. The molecule has 2 aliphatic rings. The van der Waals surface area contributed by atoms with Gasteiger partial charge in [-0.15, -0.1) is 0 Å². The molecule has 1 heterocycles. The summed E-state index contributed by atoms with van der Waals surface area (Å²) in [6, 6.07) is 9.34. The number of hydrogen-bond acceptors (Lipinski definition) is 2. The average molecular weight is 244 g/mol. The molecule has 1 aromatic carbocycles. The van der Waals surface area contributed by atoms with Crippen molar-refractivity contribution in [1.82, 2.24) is 4.90 Å². The number of benzene rings is 1. The third kappa shape index (κ3) is 2.45. The fourth-order valence-corrected chi connectivity index (χ4v) is 3.81. The van der Waals surface area contributed by atoms with Crippen LogP contribution in [0.3, 0.4) is 0 Å². The maximum absolute atomic E-state index is 6.27. The SMILES string of the molecule is Cc1cccc(CN2CC3CCCC(N)C3C2)c1. The minimum Gasteiger partial charge on any atom is -0.327 e. The first-order valence-corrected chi connectivity index (χ1v) is 7.26. The van der Waals surface area contributed by atoms with Crippen molar-refractivity contribution in [3.05, 3.63) is 35.4 Å². The molecule has 2 N–H and O–H groups in total. The van der Waals surface area contributed by atoms with E-state index in [1.54, 1.807) is 0 Å². The molecule has 2 nitrogen and oxygen atoms in total. The van der Waals surface area contributed by atoms with E-state index < -0.39 is 0 Å². The molecular formula is C16H24N2. The Labute approximate surface area is 110 Å². The number of likely N-dealkylation sites (tertiary alicyclic amines) is 1. The molecule has 1 aliphatic carbocycles. The molecule has 0 aromatic heterocycles.